The average Bonchev–Trinajstić information content (AvgIpc) is 2.17. The van der Waals surface area contributed by atoms with Crippen LogP contribution in [0.3, 0.4) is 0 Å². The van der Waals surface area contributed by atoms with Crippen LogP contribution in [0.4, 0.5) is 5.82 Å². The highest BCUT2D eigenvalue weighted by molar-refractivity contribution is 5.94. The number of hydrogen-bond acceptors (Lipinski definition) is 3. The molecule has 0 radical (unpaired) electrons. The Morgan fingerprint density at radius 2 is 2.33 bits per heavy atom. The van der Waals surface area contributed by atoms with Crippen LogP contribution in [0.15, 0.2) is 10.9 Å². The summed E-state index contributed by atoms with van der Waals surface area (Å²) in [5.74, 6) is -0.551. The molecule has 1 aromatic heterocycles. The number of aryl methyl sites for hydroxylation is 1. The number of nitrogens with one attached hydrogen (secondary N) is 1. The summed E-state index contributed by atoms with van der Waals surface area (Å²) >= 11 is 0. The van der Waals surface area contributed by atoms with Gasteiger partial charge in [0.1, 0.15) is 11.4 Å². The number of aromatic carboxylic acids is 1. The standard InChI is InChI=1S/C10H12N2O3/c1-6-5-7(13)12-4-2-3-11-9(12)8(6)10(14)15/h5,11H,2-4H2,1H3,(H,14,15). The van der Waals surface area contributed by atoms with E-state index in [1.807, 2.05) is 0 Å². The van der Waals surface area contributed by atoms with Crippen LogP contribution in [0.1, 0.15) is 22.3 Å². The van der Waals surface area contributed by atoms with E-state index in [-0.39, 0.29) is 11.1 Å². The van der Waals surface area contributed by atoms with Crippen molar-refractivity contribution in [2.75, 3.05) is 11.9 Å². The van der Waals surface area contributed by atoms with Crippen LogP contribution in [-0.4, -0.2) is 22.2 Å². The zero-order valence-electron chi connectivity index (χ0n) is 8.41. The largest absolute Gasteiger partial charge is 0.478 e. The predicted molar refractivity (Wildman–Crippen MR) is 55.5 cm³/mol. The molecule has 15 heavy (non-hydrogen) atoms. The predicted octanol–water partition coefficient (Wildman–Crippen LogP) is 0.671. The Kier molecular flexibility index (Phi) is 2.22. The molecule has 5 nitrogen and oxygen atoms in total. The van der Waals surface area contributed by atoms with Gasteiger partial charge in [0, 0.05) is 19.2 Å². The fraction of sp³-hybridized carbons (Fsp3) is 0.400. The van der Waals surface area contributed by atoms with E-state index in [1.54, 1.807) is 6.92 Å². The molecule has 5 heteroatoms. The van der Waals surface area contributed by atoms with E-state index in [4.69, 9.17) is 5.11 Å². The van der Waals surface area contributed by atoms with Crippen molar-refractivity contribution in [2.24, 2.45) is 0 Å². The summed E-state index contributed by atoms with van der Waals surface area (Å²) in [6.45, 7) is 2.94. The Balaban J connectivity index is 2.74. The van der Waals surface area contributed by atoms with Crippen molar-refractivity contribution in [3.05, 3.63) is 27.5 Å². The summed E-state index contributed by atoms with van der Waals surface area (Å²) in [6.07, 6.45) is 0.842. The molecule has 0 aromatic carbocycles. The summed E-state index contributed by atoms with van der Waals surface area (Å²) < 4.78 is 1.49. The van der Waals surface area contributed by atoms with Gasteiger partial charge in [0.05, 0.1) is 0 Å². The topological polar surface area (TPSA) is 71.3 Å². The molecule has 0 unspecified atom stereocenters. The van der Waals surface area contributed by atoms with Crippen LogP contribution in [0.2, 0.25) is 0 Å². The highest BCUT2D eigenvalue weighted by Gasteiger charge is 2.20. The van der Waals surface area contributed by atoms with Crippen LogP contribution < -0.4 is 10.9 Å². The molecule has 2 rings (SSSR count). The Morgan fingerprint density at radius 1 is 1.60 bits per heavy atom. The number of rotatable bonds is 1. The van der Waals surface area contributed by atoms with Gasteiger partial charge in [-0.3, -0.25) is 9.36 Å². The molecule has 0 saturated carbocycles. The van der Waals surface area contributed by atoms with Crippen LogP contribution in [0.5, 0.6) is 0 Å². The Bertz CT molecular complexity index is 476. The van der Waals surface area contributed by atoms with Gasteiger partial charge < -0.3 is 10.4 Å². The molecule has 1 aromatic rings. The van der Waals surface area contributed by atoms with Crippen LogP contribution >= 0.6 is 0 Å². The van der Waals surface area contributed by atoms with Gasteiger partial charge in [0.15, 0.2) is 0 Å². The van der Waals surface area contributed by atoms with Gasteiger partial charge in [0.25, 0.3) is 5.56 Å². The Morgan fingerprint density at radius 3 is 3.00 bits per heavy atom. The van der Waals surface area contributed by atoms with E-state index >= 15 is 0 Å². The third-order valence-corrected chi connectivity index (χ3v) is 2.57. The first kappa shape index (κ1) is 9.76. The van der Waals surface area contributed by atoms with Crippen LogP contribution in [-0.2, 0) is 6.54 Å². The lowest BCUT2D eigenvalue weighted by molar-refractivity contribution is 0.0696. The number of anilines is 1. The second-order valence-corrected chi connectivity index (χ2v) is 3.63. The third kappa shape index (κ3) is 1.49. The minimum Gasteiger partial charge on any atom is -0.478 e. The molecule has 0 amide bonds. The van der Waals surface area contributed by atoms with Crippen molar-refractivity contribution in [1.82, 2.24) is 4.57 Å². The molecule has 0 atom stereocenters. The lowest BCUT2D eigenvalue weighted by Crippen LogP contribution is -2.31. The highest BCUT2D eigenvalue weighted by Crippen LogP contribution is 2.20. The van der Waals surface area contributed by atoms with Crippen molar-refractivity contribution in [3.8, 4) is 0 Å². The molecular weight excluding hydrogens is 196 g/mol. The van der Waals surface area contributed by atoms with E-state index < -0.39 is 5.97 Å². The molecule has 80 valence electrons. The monoisotopic (exact) mass is 208 g/mol. The summed E-state index contributed by atoms with van der Waals surface area (Å²) in [5.41, 5.74) is 0.571. The molecule has 0 saturated heterocycles. The van der Waals surface area contributed by atoms with Crippen molar-refractivity contribution in [2.45, 2.75) is 19.9 Å². The first-order valence-corrected chi connectivity index (χ1v) is 4.83. The average molecular weight is 208 g/mol. The van der Waals surface area contributed by atoms with Gasteiger partial charge in [-0.1, -0.05) is 0 Å². The van der Waals surface area contributed by atoms with Gasteiger partial charge in [-0.2, -0.15) is 0 Å². The maximum Gasteiger partial charge on any atom is 0.339 e. The summed E-state index contributed by atoms with van der Waals surface area (Å²) in [4.78, 5) is 22.6. The van der Waals surface area contributed by atoms with E-state index in [9.17, 15) is 9.59 Å². The zero-order valence-corrected chi connectivity index (χ0v) is 8.41. The second kappa shape index (κ2) is 3.42. The van der Waals surface area contributed by atoms with E-state index in [1.165, 1.54) is 10.6 Å². The number of hydrogen-bond donors (Lipinski definition) is 2. The number of nitrogens with zero attached hydrogens (tertiary/aromatic N) is 1. The first-order chi connectivity index (χ1) is 7.11. The molecule has 1 aliphatic rings. The highest BCUT2D eigenvalue weighted by atomic mass is 16.4. The van der Waals surface area contributed by atoms with Crippen molar-refractivity contribution in [1.29, 1.82) is 0 Å². The minimum atomic E-state index is -0.995. The van der Waals surface area contributed by atoms with Crippen LogP contribution in [0.25, 0.3) is 0 Å². The minimum absolute atomic E-state index is 0.139. The molecular formula is C10H12N2O3. The van der Waals surface area contributed by atoms with E-state index in [0.717, 1.165) is 6.42 Å². The normalized spacial score (nSPS) is 14.2. The number of carboxylic acid groups (broad SMARTS) is 1. The zero-order chi connectivity index (χ0) is 11.0. The van der Waals surface area contributed by atoms with Gasteiger partial charge in [-0.25, -0.2) is 4.79 Å². The number of carbonyl (C=O) groups is 1. The molecule has 2 heterocycles. The Hall–Kier alpha value is -1.78. The third-order valence-electron chi connectivity index (χ3n) is 2.57. The molecule has 2 N–H and O–H groups in total. The SMILES string of the molecule is Cc1cc(=O)n2c(c1C(=O)O)NCCC2. The molecule has 0 bridgehead atoms. The van der Waals surface area contributed by atoms with Crippen molar-refractivity contribution in [3.63, 3.8) is 0 Å². The number of aromatic nitrogens is 1. The van der Waals surface area contributed by atoms with E-state index in [2.05, 4.69) is 5.32 Å². The van der Waals surface area contributed by atoms with Gasteiger partial charge in [0.2, 0.25) is 0 Å². The number of carboxylic acids is 1. The molecule has 0 fully saturated rings. The smallest absolute Gasteiger partial charge is 0.339 e. The molecule has 0 aliphatic carbocycles. The maximum atomic E-state index is 11.6. The van der Waals surface area contributed by atoms with Gasteiger partial charge in [-0.05, 0) is 18.9 Å². The first-order valence-electron chi connectivity index (χ1n) is 4.83. The lowest BCUT2D eigenvalue weighted by Gasteiger charge is -2.22. The quantitative estimate of drug-likeness (QED) is 0.711. The second-order valence-electron chi connectivity index (χ2n) is 3.63. The summed E-state index contributed by atoms with van der Waals surface area (Å²) in [5, 5.41) is 12.0. The lowest BCUT2D eigenvalue weighted by atomic mass is 10.1. The Labute approximate surface area is 86.3 Å². The summed E-state index contributed by atoms with van der Waals surface area (Å²) in [6, 6.07) is 1.37. The number of pyridine rings is 1. The maximum absolute atomic E-state index is 11.6. The van der Waals surface area contributed by atoms with Crippen molar-refractivity contribution < 1.29 is 9.90 Å². The number of fused-ring (bicyclic) bond motifs is 1. The van der Waals surface area contributed by atoms with Crippen molar-refractivity contribution >= 4 is 11.8 Å². The van der Waals surface area contributed by atoms with Gasteiger partial charge in [-0.15, -0.1) is 0 Å². The van der Waals surface area contributed by atoms with E-state index in [0.29, 0.717) is 24.5 Å². The van der Waals surface area contributed by atoms with Crippen LogP contribution in [0, 0.1) is 6.92 Å². The fourth-order valence-corrected chi connectivity index (χ4v) is 1.89. The summed E-state index contributed by atoms with van der Waals surface area (Å²) in [7, 11) is 0. The van der Waals surface area contributed by atoms with Gasteiger partial charge >= 0.3 is 5.97 Å². The molecule has 1 aliphatic heterocycles. The molecule has 0 spiro atoms. The fourth-order valence-electron chi connectivity index (χ4n) is 1.89.